The van der Waals surface area contributed by atoms with Crippen molar-refractivity contribution in [2.75, 3.05) is 0 Å². The van der Waals surface area contributed by atoms with Crippen molar-refractivity contribution in [2.24, 2.45) is 0 Å². The number of benzene rings is 2. The van der Waals surface area contributed by atoms with Gasteiger partial charge < -0.3 is 15.0 Å². The molecule has 0 aliphatic heterocycles. The Morgan fingerprint density at radius 1 is 1.06 bits per heavy atom. The molecule has 0 saturated heterocycles. The van der Waals surface area contributed by atoms with Crippen LogP contribution in [0.1, 0.15) is 22.8 Å². The number of rotatable bonds is 4. The quantitative estimate of drug-likeness (QED) is 0.870. The first-order valence-corrected chi connectivity index (χ1v) is 5.69. The molecule has 1 atom stereocenters. The van der Waals surface area contributed by atoms with Crippen molar-refractivity contribution in [3.05, 3.63) is 71.3 Å². The average molecular weight is 241 g/mol. The molecule has 0 aromatic heterocycles. The first kappa shape index (κ1) is 12.3. The Labute approximate surface area is 105 Å². The molecule has 1 N–H and O–H groups in total. The second-order valence-electron chi connectivity index (χ2n) is 4.08. The van der Waals surface area contributed by atoms with E-state index < -0.39 is 12.1 Å². The summed E-state index contributed by atoms with van der Waals surface area (Å²) in [4.78, 5) is 10.7. The van der Waals surface area contributed by atoms with Crippen LogP contribution in [0.3, 0.4) is 0 Å². The number of aliphatic carboxylic acids is 1. The van der Waals surface area contributed by atoms with E-state index in [0.717, 1.165) is 11.1 Å². The topological polar surface area (TPSA) is 60.4 Å². The minimum Gasteiger partial charge on any atom is -0.547 e. The molecule has 0 bridgehead atoms. The van der Waals surface area contributed by atoms with Crippen molar-refractivity contribution in [1.82, 2.24) is 0 Å². The van der Waals surface area contributed by atoms with Gasteiger partial charge in [-0.3, -0.25) is 0 Å². The standard InChI is InChI=1S/C15H14O3/c16-14(15(17)18)13-9-5-4-8-12(13)10-11-6-2-1-3-7-11/h1-9,14,16H,10H2,(H,17,18)/p-1. The van der Waals surface area contributed by atoms with Crippen LogP contribution in [0.15, 0.2) is 54.6 Å². The van der Waals surface area contributed by atoms with Crippen LogP contribution >= 0.6 is 0 Å². The third-order valence-electron chi connectivity index (χ3n) is 2.81. The number of aliphatic hydroxyl groups excluding tert-OH is 1. The molecule has 92 valence electrons. The molecular weight excluding hydrogens is 228 g/mol. The minimum absolute atomic E-state index is 0.390. The molecular formula is C15H13O3-. The summed E-state index contributed by atoms with van der Waals surface area (Å²) in [5, 5.41) is 20.3. The fourth-order valence-corrected chi connectivity index (χ4v) is 1.90. The van der Waals surface area contributed by atoms with E-state index in [1.807, 2.05) is 42.5 Å². The van der Waals surface area contributed by atoms with Crippen LogP contribution in [-0.4, -0.2) is 11.1 Å². The predicted octanol–water partition coefficient (Wildman–Crippen LogP) is 1.06. The number of carboxylic acids is 1. The molecule has 2 rings (SSSR count). The fraction of sp³-hybridized carbons (Fsp3) is 0.133. The normalized spacial score (nSPS) is 12.1. The van der Waals surface area contributed by atoms with Crippen LogP contribution in [0, 0.1) is 0 Å². The molecule has 1 unspecified atom stereocenters. The van der Waals surface area contributed by atoms with E-state index in [2.05, 4.69) is 0 Å². The number of hydrogen-bond donors (Lipinski definition) is 1. The van der Waals surface area contributed by atoms with Gasteiger partial charge in [-0.2, -0.15) is 0 Å². The van der Waals surface area contributed by atoms with E-state index in [4.69, 9.17) is 0 Å². The lowest BCUT2D eigenvalue weighted by Gasteiger charge is -2.16. The SMILES string of the molecule is O=C([O-])C(O)c1ccccc1Cc1ccccc1. The first-order valence-electron chi connectivity index (χ1n) is 5.69. The van der Waals surface area contributed by atoms with Gasteiger partial charge in [-0.1, -0.05) is 54.6 Å². The summed E-state index contributed by atoms with van der Waals surface area (Å²) in [6, 6.07) is 16.6. The van der Waals surface area contributed by atoms with E-state index in [1.165, 1.54) is 0 Å². The van der Waals surface area contributed by atoms with E-state index in [-0.39, 0.29) is 0 Å². The summed E-state index contributed by atoms with van der Waals surface area (Å²) < 4.78 is 0. The zero-order valence-electron chi connectivity index (χ0n) is 9.74. The number of carbonyl (C=O) groups excluding carboxylic acids is 1. The molecule has 3 heteroatoms. The molecule has 0 heterocycles. The minimum atomic E-state index is -1.58. The molecule has 3 nitrogen and oxygen atoms in total. The van der Waals surface area contributed by atoms with Gasteiger partial charge in [0.25, 0.3) is 0 Å². The van der Waals surface area contributed by atoms with Gasteiger partial charge in [0.1, 0.15) is 6.10 Å². The number of aliphatic hydroxyl groups is 1. The lowest BCUT2D eigenvalue weighted by Crippen LogP contribution is -2.30. The Kier molecular flexibility index (Phi) is 3.75. The van der Waals surface area contributed by atoms with Gasteiger partial charge in [0, 0.05) is 0 Å². The highest BCUT2D eigenvalue weighted by Crippen LogP contribution is 2.20. The van der Waals surface area contributed by atoms with Gasteiger partial charge in [0.15, 0.2) is 0 Å². The van der Waals surface area contributed by atoms with Crippen molar-refractivity contribution in [3.63, 3.8) is 0 Å². The highest BCUT2D eigenvalue weighted by molar-refractivity contribution is 5.72. The summed E-state index contributed by atoms with van der Waals surface area (Å²) >= 11 is 0. The Morgan fingerprint density at radius 2 is 1.67 bits per heavy atom. The third kappa shape index (κ3) is 2.76. The molecule has 0 spiro atoms. The first-order chi connectivity index (χ1) is 8.68. The van der Waals surface area contributed by atoms with Gasteiger partial charge in [-0.25, -0.2) is 0 Å². The molecule has 2 aromatic carbocycles. The van der Waals surface area contributed by atoms with Crippen molar-refractivity contribution < 1.29 is 15.0 Å². The Hall–Kier alpha value is -2.13. The largest absolute Gasteiger partial charge is 0.547 e. The number of hydrogen-bond acceptors (Lipinski definition) is 3. The monoisotopic (exact) mass is 241 g/mol. The molecule has 0 fully saturated rings. The summed E-state index contributed by atoms with van der Waals surface area (Å²) in [5.41, 5.74) is 2.25. The molecule has 0 aliphatic rings. The van der Waals surface area contributed by atoms with Gasteiger partial charge >= 0.3 is 0 Å². The smallest absolute Gasteiger partial charge is 0.119 e. The van der Waals surface area contributed by atoms with Crippen LogP contribution in [0.25, 0.3) is 0 Å². The number of carboxylic acid groups (broad SMARTS) is 1. The van der Waals surface area contributed by atoms with Crippen LogP contribution in [0.4, 0.5) is 0 Å². The molecule has 0 aliphatic carbocycles. The van der Waals surface area contributed by atoms with Gasteiger partial charge in [0.2, 0.25) is 0 Å². The number of carbonyl (C=O) groups is 1. The summed E-state index contributed by atoms with van der Waals surface area (Å²) in [7, 11) is 0. The van der Waals surface area contributed by atoms with Gasteiger partial charge in [0.05, 0.1) is 5.97 Å². The van der Waals surface area contributed by atoms with Crippen LogP contribution in [0.5, 0.6) is 0 Å². The van der Waals surface area contributed by atoms with E-state index >= 15 is 0 Å². The Morgan fingerprint density at radius 3 is 2.33 bits per heavy atom. The lowest BCUT2D eigenvalue weighted by atomic mass is 9.96. The van der Waals surface area contributed by atoms with Crippen molar-refractivity contribution in [1.29, 1.82) is 0 Å². The van der Waals surface area contributed by atoms with E-state index in [9.17, 15) is 15.0 Å². The average Bonchev–Trinajstić information content (AvgIpc) is 2.39. The van der Waals surface area contributed by atoms with Gasteiger partial charge in [-0.15, -0.1) is 0 Å². The van der Waals surface area contributed by atoms with Gasteiger partial charge in [-0.05, 0) is 23.1 Å². The van der Waals surface area contributed by atoms with Crippen molar-refractivity contribution in [3.8, 4) is 0 Å². The Balaban J connectivity index is 2.31. The molecule has 0 saturated carbocycles. The fourth-order valence-electron chi connectivity index (χ4n) is 1.90. The zero-order chi connectivity index (χ0) is 13.0. The second-order valence-corrected chi connectivity index (χ2v) is 4.08. The maximum absolute atomic E-state index is 10.7. The summed E-state index contributed by atoms with van der Waals surface area (Å²) in [6.45, 7) is 0. The second kappa shape index (κ2) is 5.47. The molecule has 0 amide bonds. The van der Waals surface area contributed by atoms with Crippen LogP contribution < -0.4 is 5.11 Å². The maximum atomic E-state index is 10.7. The third-order valence-corrected chi connectivity index (χ3v) is 2.81. The van der Waals surface area contributed by atoms with Crippen LogP contribution in [0.2, 0.25) is 0 Å². The van der Waals surface area contributed by atoms with Crippen LogP contribution in [-0.2, 0) is 11.2 Å². The maximum Gasteiger partial charge on any atom is 0.119 e. The van der Waals surface area contributed by atoms with Crippen molar-refractivity contribution in [2.45, 2.75) is 12.5 Å². The predicted molar refractivity (Wildman–Crippen MR) is 65.7 cm³/mol. The molecule has 18 heavy (non-hydrogen) atoms. The lowest BCUT2D eigenvalue weighted by molar-refractivity contribution is -0.315. The molecule has 0 radical (unpaired) electrons. The van der Waals surface area contributed by atoms with Crippen molar-refractivity contribution >= 4 is 5.97 Å². The Bertz CT molecular complexity index is 534. The zero-order valence-corrected chi connectivity index (χ0v) is 9.74. The highest BCUT2D eigenvalue weighted by atomic mass is 16.4. The highest BCUT2D eigenvalue weighted by Gasteiger charge is 2.12. The molecule has 2 aromatic rings. The summed E-state index contributed by atoms with van der Waals surface area (Å²) in [6.07, 6.45) is -0.994. The van der Waals surface area contributed by atoms with E-state index in [0.29, 0.717) is 12.0 Å². The van der Waals surface area contributed by atoms with E-state index in [1.54, 1.807) is 12.1 Å². The summed E-state index contributed by atoms with van der Waals surface area (Å²) in [5.74, 6) is -1.48.